The minimum Gasteiger partial charge on any atom is -0.387 e. The summed E-state index contributed by atoms with van der Waals surface area (Å²) < 4.78 is 62.6. The Morgan fingerprint density at radius 1 is 0.586 bits per heavy atom. The highest BCUT2D eigenvalue weighted by molar-refractivity contribution is 7.52. The first kappa shape index (κ1) is 27.4. The van der Waals surface area contributed by atoms with E-state index in [-0.39, 0.29) is 0 Å². The third-order valence-corrected chi connectivity index (χ3v) is 6.38. The molecule has 0 amide bonds. The maximum atomic E-state index is 11.9. The molecule has 1 rings (SSSR count). The smallest absolute Gasteiger partial charge is 0.387 e. The van der Waals surface area contributed by atoms with Crippen LogP contribution in [0.15, 0.2) is 0 Å². The predicted octanol–water partition coefficient (Wildman–Crippen LogP) is -2.25. The van der Waals surface area contributed by atoms with Gasteiger partial charge in [0, 0.05) is 6.16 Å². The van der Waals surface area contributed by atoms with Gasteiger partial charge in [-0.05, 0) is 0 Å². The monoisotopic (exact) mass is 512 g/mol. The molecule has 0 aromatic heterocycles. The molecule has 9 N–H and O–H groups in total. The van der Waals surface area contributed by atoms with Crippen molar-refractivity contribution in [1.29, 1.82) is 0 Å². The number of hydrogen-bond donors (Lipinski definition) is 9. The van der Waals surface area contributed by atoms with Crippen LogP contribution in [0.25, 0.3) is 0 Å². The van der Waals surface area contributed by atoms with Crippen molar-refractivity contribution in [2.24, 2.45) is 0 Å². The van der Waals surface area contributed by atoms with Gasteiger partial charge in [0.05, 0.1) is 0 Å². The molecule has 7 atom stereocenters. The predicted molar refractivity (Wildman–Crippen MR) is 88.0 cm³/mol. The normalized spacial score (nSPS) is 34.0. The van der Waals surface area contributed by atoms with Gasteiger partial charge in [0.1, 0.15) is 36.6 Å². The van der Waals surface area contributed by atoms with E-state index in [0.29, 0.717) is 0 Å². The highest BCUT2D eigenvalue weighted by Gasteiger charge is 2.58. The van der Waals surface area contributed by atoms with Crippen LogP contribution in [0.5, 0.6) is 0 Å². The molecule has 0 radical (unpaired) electrons. The van der Waals surface area contributed by atoms with Gasteiger partial charge in [-0.25, -0.2) is 13.7 Å². The Morgan fingerprint density at radius 3 is 1.24 bits per heavy atom. The molecule has 21 heteroatoms. The summed E-state index contributed by atoms with van der Waals surface area (Å²) in [5.41, 5.74) is 0. The van der Waals surface area contributed by atoms with E-state index >= 15 is 0 Å². The lowest BCUT2D eigenvalue weighted by Crippen LogP contribution is -2.65. The van der Waals surface area contributed by atoms with E-state index in [1.54, 1.807) is 0 Å². The molecule has 1 saturated carbocycles. The van der Waals surface area contributed by atoms with Crippen LogP contribution in [0, 0.1) is 0 Å². The number of hydrogen-bond acceptors (Lipinski definition) is 10. The quantitative estimate of drug-likeness (QED) is 0.147. The Morgan fingerprint density at radius 2 is 0.897 bits per heavy atom. The molecule has 0 aromatic carbocycles. The second-order valence-electron chi connectivity index (χ2n) is 5.69. The van der Waals surface area contributed by atoms with Gasteiger partial charge in [0.25, 0.3) is 0 Å². The van der Waals surface area contributed by atoms with Gasteiger partial charge in [-0.3, -0.25) is 22.7 Å². The van der Waals surface area contributed by atoms with Crippen molar-refractivity contribution in [3.05, 3.63) is 0 Å². The molecule has 1 fully saturated rings. The van der Waals surface area contributed by atoms with Crippen LogP contribution < -0.4 is 0 Å². The van der Waals surface area contributed by atoms with Crippen LogP contribution in [-0.2, 0) is 36.4 Å². The van der Waals surface area contributed by atoms with Crippen molar-refractivity contribution >= 4 is 31.1 Å². The fourth-order valence-electron chi connectivity index (χ4n) is 2.38. The topological polar surface area (TPSA) is 287 Å². The average Bonchev–Trinajstić information content (AvgIpc) is 2.48. The van der Waals surface area contributed by atoms with Gasteiger partial charge in [0.15, 0.2) is 0 Å². The molecule has 1 unspecified atom stereocenters. The zero-order chi connectivity index (χ0) is 23.0. The summed E-state index contributed by atoms with van der Waals surface area (Å²) in [6.07, 6.45) is -15.6. The number of phosphoric acid groups is 3. The maximum Gasteiger partial charge on any atom is 0.470 e. The largest absolute Gasteiger partial charge is 0.470 e. The first-order valence-corrected chi connectivity index (χ1v) is 13.7. The van der Waals surface area contributed by atoms with Gasteiger partial charge in [0.2, 0.25) is 0 Å². The summed E-state index contributed by atoms with van der Waals surface area (Å²) in [7, 11) is -21.2. The van der Waals surface area contributed by atoms with Crippen LogP contribution in [0.4, 0.5) is 0 Å². The summed E-state index contributed by atoms with van der Waals surface area (Å²) >= 11 is 0. The van der Waals surface area contributed by atoms with E-state index in [0.717, 1.165) is 6.92 Å². The molecule has 174 valence electrons. The number of aliphatic hydroxyl groups is 2. The van der Waals surface area contributed by atoms with Crippen molar-refractivity contribution in [2.45, 2.75) is 43.5 Å². The van der Waals surface area contributed by atoms with Gasteiger partial charge >= 0.3 is 31.1 Å². The van der Waals surface area contributed by atoms with Gasteiger partial charge in [-0.15, -0.1) is 0 Å². The Hall–Kier alpha value is 0.400. The minimum atomic E-state index is -5.57. The van der Waals surface area contributed by atoms with E-state index in [4.69, 9.17) is 29.4 Å². The summed E-state index contributed by atoms with van der Waals surface area (Å²) in [4.78, 5) is 63.5. The van der Waals surface area contributed by atoms with Crippen molar-refractivity contribution in [2.75, 3.05) is 6.16 Å². The molecule has 0 spiro atoms. The maximum absolute atomic E-state index is 11.9. The van der Waals surface area contributed by atoms with Crippen LogP contribution in [0.3, 0.4) is 0 Å². The van der Waals surface area contributed by atoms with E-state index in [2.05, 4.69) is 18.1 Å². The molecular weight excluding hydrogens is 492 g/mol. The van der Waals surface area contributed by atoms with Gasteiger partial charge in [-0.2, -0.15) is 0 Å². The van der Waals surface area contributed by atoms with Crippen LogP contribution in [0.2, 0.25) is 0 Å². The summed E-state index contributed by atoms with van der Waals surface area (Å²) in [5.74, 6) is 0. The molecule has 0 bridgehead atoms. The van der Waals surface area contributed by atoms with E-state index < -0.39 is 73.8 Å². The Kier molecular flexibility index (Phi) is 8.98. The van der Waals surface area contributed by atoms with Crippen molar-refractivity contribution in [3.63, 3.8) is 0 Å². The first-order chi connectivity index (χ1) is 12.8. The lowest BCUT2D eigenvalue weighted by Gasteiger charge is -2.46. The first-order valence-electron chi connectivity index (χ1n) is 7.34. The Balaban J connectivity index is 3.52. The molecule has 0 aliphatic heterocycles. The number of rotatable bonds is 9. The molecule has 29 heavy (non-hydrogen) atoms. The highest BCUT2D eigenvalue weighted by atomic mass is 31.2. The third kappa shape index (κ3) is 8.81. The average molecular weight is 512 g/mol. The minimum absolute atomic E-state index is 0.630. The van der Waals surface area contributed by atoms with Crippen molar-refractivity contribution in [3.8, 4) is 0 Å². The highest BCUT2D eigenvalue weighted by Crippen LogP contribution is 2.53. The zero-order valence-corrected chi connectivity index (χ0v) is 17.8. The molecular formula is C8H20O17P4. The molecule has 1 aliphatic rings. The van der Waals surface area contributed by atoms with E-state index in [1.165, 1.54) is 0 Å². The van der Waals surface area contributed by atoms with Crippen molar-refractivity contribution in [1.82, 2.24) is 0 Å². The fraction of sp³-hybridized carbons (Fsp3) is 1.00. The second-order valence-corrected chi connectivity index (χ2v) is 11.4. The standard InChI is InChI=1S/C8H20O17P4/c1-2-26(11,12)22-6-3(9)5(23-27(13,14)15)4(10)7(24-28(16,17)18)8(6)25-29(19,20)21/h3-10H,2H2,1H3,(H,11,12)(H2,13,14,15)(H2,16,17,18)(H2,19,20,21)/t3-,4-,5-,6+,7-,8-/m1/s1. The Bertz CT molecular complexity index is 751. The lowest BCUT2D eigenvalue weighted by atomic mass is 9.85. The van der Waals surface area contributed by atoms with Crippen LogP contribution in [0.1, 0.15) is 6.92 Å². The van der Waals surface area contributed by atoms with Crippen molar-refractivity contribution < 1.29 is 80.8 Å². The lowest BCUT2D eigenvalue weighted by molar-refractivity contribution is -0.207. The zero-order valence-electron chi connectivity index (χ0n) is 14.3. The number of phosphoric ester groups is 3. The summed E-state index contributed by atoms with van der Waals surface area (Å²) in [6.45, 7) is 1.12. The number of aliphatic hydroxyl groups excluding tert-OH is 2. The summed E-state index contributed by atoms with van der Waals surface area (Å²) in [6, 6.07) is 0. The van der Waals surface area contributed by atoms with Crippen LogP contribution >= 0.6 is 31.1 Å². The molecule has 0 heterocycles. The molecule has 0 aromatic rings. The van der Waals surface area contributed by atoms with E-state index in [9.17, 15) is 33.4 Å². The van der Waals surface area contributed by atoms with Gasteiger partial charge < -0.3 is 44.5 Å². The SMILES string of the molecule is CCP(=O)(O)O[C@H]1[C@H](O)[C@@H](OP(=O)(O)O)[C@@H](O)[C@@H](OP(=O)(O)O)[C@@H]1OP(=O)(O)O. The van der Waals surface area contributed by atoms with E-state index in [1.807, 2.05) is 0 Å². The molecule has 0 saturated heterocycles. The summed E-state index contributed by atoms with van der Waals surface area (Å²) in [5, 5.41) is 20.4. The third-order valence-electron chi connectivity index (χ3n) is 3.46. The van der Waals surface area contributed by atoms with Gasteiger partial charge in [-0.1, -0.05) is 6.92 Å². The second kappa shape index (κ2) is 9.49. The fourth-order valence-corrected chi connectivity index (χ4v) is 4.84. The van der Waals surface area contributed by atoms with Crippen LogP contribution in [-0.4, -0.2) is 87.3 Å². The molecule has 1 aliphatic carbocycles. The molecule has 17 nitrogen and oxygen atoms in total. The Labute approximate surface area is 162 Å².